The van der Waals surface area contributed by atoms with E-state index in [0.717, 1.165) is 37.2 Å². The lowest BCUT2D eigenvalue weighted by Crippen LogP contribution is -2.41. The molecular formula is C12H17N5O. The molecule has 0 radical (unpaired) electrons. The minimum Gasteiger partial charge on any atom is -0.334 e. The first-order chi connectivity index (χ1) is 8.67. The third-order valence-corrected chi connectivity index (χ3v) is 3.78. The maximum atomic E-state index is 6.40. The Labute approximate surface area is 105 Å². The average Bonchev–Trinajstić information content (AvgIpc) is 3.01. The Hall–Kier alpha value is -1.69. The molecular weight excluding hydrogens is 230 g/mol. The quantitative estimate of drug-likeness (QED) is 0.844. The lowest BCUT2D eigenvalue weighted by Gasteiger charge is -2.33. The van der Waals surface area contributed by atoms with Gasteiger partial charge in [0.1, 0.15) is 0 Å². The van der Waals surface area contributed by atoms with Gasteiger partial charge in [-0.15, -0.1) is 0 Å². The molecule has 0 amide bonds. The normalized spacial score (nSPS) is 28.4. The summed E-state index contributed by atoms with van der Waals surface area (Å²) >= 11 is 0. The van der Waals surface area contributed by atoms with Crippen LogP contribution in [0.1, 0.15) is 38.4 Å². The number of aromatic nitrogens is 4. The van der Waals surface area contributed by atoms with E-state index in [1.165, 1.54) is 0 Å². The van der Waals surface area contributed by atoms with Crippen LogP contribution in [0.3, 0.4) is 0 Å². The molecule has 1 aliphatic carbocycles. The molecule has 0 saturated heterocycles. The molecule has 6 nitrogen and oxygen atoms in total. The van der Waals surface area contributed by atoms with Crippen LogP contribution >= 0.6 is 0 Å². The summed E-state index contributed by atoms with van der Waals surface area (Å²) in [6, 6.07) is 0. The number of hydrogen-bond acceptors (Lipinski definition) is 5. The monoisotopic (exact) mass is 247 g/mol. The van der Waals surface area contributed by atoms with Gasteiger partial charge < -0.3 is 10.3 Å². The van der Waals surface area contributed by atoms with Crippen LogP contribution in [0.2, 0.25) is 0 Å². The molecule has 2 aromatic rings. The van der Waals surface area contributed by atoms with Crippen LogP contribution < -0.4 is 5.73 Å². The Morgan fingerprint density at radius 2 is 2.22 bits per heavy atom. The molecule has 3 rings (SSSR count). The number of rotatable bonds is 2. The summed E-state index contributed by atoms with van der Waals surface area (Å²) < 4.78 is 5.25. The molecule has 6 heteroatoms. The van der Waals surface area contributed by atoms with E-state index in [2.05, 4.69) is 27.3 Å². The van der Waals surface area contributed by atoms with Gasteiger partial charge in [-0.05, 0) is 31.6 Å². The van der Waals surface area contributed by atoms with Gasteiger partial charge in [-0.3, -0.25) is 5.10 Å². The van der Waals surface area contributed by atoms with E-state index in [1.54, 1.807) is 12.4 Å². The maximum Gasteiger partial charge on any atom is 0.261 e. The highest BCUT2D eigenvalue weighted by Crippen LogP contribution is 2.36. The molecule has 0 spiro atoms. The second kappa shape index (κ2) is 4.20. The molecule has 2 aromatic heterocycles. The molecule has 0 aromatic carbocycles. The molecule has 0 aliphatic heterocycles. The summed E-state index contributed by atoms with van der Waals surface area (Å²) in [6.45, 7) is 2.26. The Kier molecular flexibility index (Phi) is 2.66. The Bertz CT molecular complexity index is 510. The number of H-pyrrole nitrogens is 1. The largest absolute Gasteiger partial charge is 0.334 e. The van der Waals surface area contributed by atoms with Crippen molar-refractivity contribution >= 4 is 0 Å². The molecule has 2 heterocycles. The molecule has 0 atom stereocenters. The van der Waals surface area contributed by atoms with Crippen molar-refractivity contribution in [1.82, 2.24) is 20.3 Å². The van der Waals surface area contributed by atoms with E-state index < -0.39 is 5.54 Å². The summed E-state index contributed by atoms with van der Waals surface area (Å²) in [5, 5.41) is 10.6. The topological polar surface area (TPSA) is 93.6 Å². The van der Waals surface area contributed by atoms with Gasteiger partial charge in [-0.1, -0.05) is 12.1 Å². The average molecular weight is 247 g/mol. The zero-order chi connectivity index (χ0) is 12.6. The molecule has 1 aliphatic rings. The van der Waals surface area contributed by atoms with Crippen molar-refractivity contribution in [3.05, 3.63) is 18.2 Å². The number of hydrogen-bond donors (Lipinski definition) is 2. The highest BCUT2D eigenvalue weighted by atomic mass is 16.5. The summed E-state index contributed by atoms with van der Waals surface area (Å²) in [5.74, 6) is 1.83. The highest BCUT2D eigenvalue weighted by molar-refractivity contribution is 5.49. The van der Waals surface area contributed by atoms with Crippen LogP contribution in [0.4, 0.5) is 0 Å². The second-order valence-corrected chi connectivity index (χ2v) is 5.25. The van der Waals surface area contributed by atoms with Gasteiger partial charge in [0.15, 0.2) is 5.82 Å². The number of nitrogens with two attached hydrogens (primary N) is 1. The Morgan fingerprint density at radius 1 is 1.44 bits per heavy atom. The van der Waals surface area contributed by atoms with Crippen LogP contribution in [0.5, 0.6) is 0 Å². The fourth-order valence-corrected chi connectivity index (χ4v) is 2.41. The van der Waals surface area contributed by atoms with Crippen LogP contribution in [-0.4, -0.2) is 20.3 Å². The molecule has 3 N–H and O–H groups in total. The van der Waals surface area contributed by atoms with Gasteiger partial charge >= 0.3 is 0 Å². The lowest BCUT2D eigenvalue weighted by molar-refractivity contribution is 0.230. The van der Waals surface area contributed by atoms with Gasteiger partial charge in [0, 0.05) is 6.20 Å². The van der Waals surface area contributed by atoms with Crippen molar-refractivity contribution in [3.8, 4) is 11.5 Å². The van der Waals surface area contributed by atoms with Crippen molar-refractivity contribution in [2.75, 3.05) is 0 Å². The summed E-state index contributed by atoms with van der Waals surface area (Å²) in [5.41, 5.74) is 6.76. The van der Waals surface area contributed by atoms with Gasteiger partial charge in [0.2, 0.25) is 0 Å². The van der Waals surface area contributed by atoms with E-state index in [1.807, 2.05) is 0 Å². The summed E-state index contributed by atoms with van der Waals surface area (Å²) in [4.78, 5) is 4.41. The van der Waals surface area contributed by atoms with E-state index in [4.69, 9.17) is 10.3 Å². The van der Waals surface area contributed by atoms with Gasteiger partial charge in [-0.25, -0.2) is 0 Å². The highest BCUT2D eigenvalue weighted by Gasteiger charge is 2.36. The first-order valence-electron chi connectivity index (χ1n) is 6.29. The Balaban J connectivity index is 1.85. The predicted octanol–water partition coefficient (Wildman–Crippen LogP) is 1.82. The lowest BCUT2D eigenvalue weighted by atomic mass is 9.77. The first kappa shape index (κ1) is 11.4. The molecule has 0 unspecified atom stereocenters. The molecule has 1 fully saturated rings. The molecule has 1 saturated carbocycles. The number of aromatic amines is 1. The smallest absolute Gasteiger partial charge is 0.261 e. The van der Waals surface area contributed by atoms with Crippen molar-refractivity contribution in [3.63, 3.8) is 0 Å². The maximum absolute atomic E-state index is 6.40. The standard InChI is InChI=1S/C12H17N5O/c1-8-2-4-12(13,5-3-8)11-16-10(18-17-11)9-6-14-15-7-9/h6-8H,2-5,13H2,1H3,(H,14,15). The van der Waals surface area contributed by atoms with Crippen LogP contribution in [0.25, 0.3) is 11.5 Å². The zero-order valence-electron chi connectivity index (χ0n) is 10.4. The summed E-state index contributed by atoms with van der Waals surface area (Å²) in [6.07, 6.45) is 7.45. The Morgan fingerprint density at radius 3 is 2.89 bits per heavy atom. The van der Waals surface area contributed by atoms with Gasteiger partial charge in [0.25, 0.3) is 5.89 Å². The van der Waals surface area contributed by atoms with Gasteiger partial charge in [0.05, 0.1) is 17.3 Å². The van der Waals surface area contributed by atoms with Crippen molar-refractivity contribution in [2.24, 2.45) is 11.7 Å². The number of nitrogens with zero attached hydrogens (tertiary/aromatic N) is 3. The van der Waals surface area contributed by atoms with Crippen LogP contribution in [-0.2, 0) is 5.54 Å². The predicted molar refractivity (Wildman–Crippen MR) is 65.4 cm³/mol. The zero-order valence-corrected chi connectivity index (χ0v) is 10.4. The first-order valence-corrected chi connectivity index (χ1v) is 6.29. The van der Waals surface area contributed by atoms with E-state index >= 15 is 0 Å². The van der Waals surface area contributed by atoms with E-state index in [-0.39, 0.29) is 0 Å². The minimum absolute atomic E-state index is 0.433. The number of nitrogens with one attached hydrogen (secondary N) is 1. The second-order valence-electron chi connectivity index (χ2n) is 5.25. The molecule has 96 valence electrons. The van der Waals surface area contributed by atoms with E-state index in [9.17, 15) is 0 Å². The fraction of sp³-hybridized carbons (Fsp3) is 0.583. The minimum atomic E-state index is -0.433. The van der Waals surface area contributed by atoms with Crippen molar-refractivity contribution < 1.29 is 4.52 Å². The van der Waals surface area contributed by atoms with Crippen LogP contribution in [0.15, 0.2) is 16.9 Å². The van der Waals surface area contributed by atoms with Crippen molar-refractivity contribution in [1.29, 1.82) is 0 Å². The molecule has 0 bridgehead atoms. The third kappa shape index (κ3) is 1.92. The van der Waals surface area contributed by atoms with Crippen LogP contribution in [0, 0.1) is 5.92 Å². The SMILES string of the molecule is CC1CCC(N)(c2noc(-c3cn[nH]c3)n2)CC1. The molecule has 18 heavy (non-hydrogen) atoms. The third-order valence-electron chi connectivity index (χ3n) is 3.78. The van der Waals surface area contributed by atoms with Gasteiger partial charge in [-0.2, -0.15) is 10.1 Å². The summed E-state index contributed by atoms with van der Waals surface area (Å²) in [7, 11) is 0. The fourth-order valence-electron chi connectivity index (χ4n) is 2.41. The van der Waals surface area contributed by atoms with E-state index in [0.29, 0.717) is 11.7 Å². The van der Waals surface area contributed by atoms with Crippen molar-refractivity contribution in [2.45, 2.75) is 38.1 Å².